The Labute approximate surface area is 256 Å². The Balaban J connectivity index is 2.06. The molecule has 0 aromatic heterocycles. The molecule has 2 amide bonds. The standard InChI is InChI=1S/C30H34Cl2FN3O5S/c1-5-28(30(38)34-17-20(2)3)35(18-21-6-15-26(31)27(32)16-21)29(37)19-36(23-9-7-22(33)8-10-23)42(39,40)25-13-11-24(41-4)12-14-25/h6-16,20,28H,5,17-19H2,1-4H3,(H,34,38)/t28-/m1/s1. The van der Waals surface area contributed by atoms with Gasteiger partial charge in [0.15, 0.2) is 0 Å². The normalized spacial score (nSPS) is 12.1. The highest BCUT2D eigenvalue weighted by Gasteiger charge is 2.34. The lowest BCUT2D eigenvalue weighted by molar-refractivity contribution is -0.140. The van der Waals surface area contributed by atoms with E-state index in [1.165, 1.54) is 48.4 Å². The van der Waals surface area contributed by atoms with E-state index in [-0.39, 0.29) is 40.4 Å². The molecule has 0 unspecified atom stereocenters. The molecule has 0 aliphatic rings. The number of benzene rings is 3. The van der Waals surface area contributed by atoms with Gasteiger partial charge in [-0.1, -0.05) is 50.0 Å². The summed E-state index contributed by atoms with van der Waals surface area (Å²) in [5.74, 6) is -0.959. The third-order valence-electron chi connectivity index (χ3n) is 6.45. The van der Waals surface area contributed by atoms with Crippen molar-refractivity contribution >= 4 is 50.7 Å². The van der Waals surface area contributed by atoms with Crippen molar-refractivity contribution in [2.45, 2.75) is 44.7 Å². The zero-order valence-electron chi connectivity index (χ0n) is 23.8. The molecule has 0 saturated carbocycles. The molecule has 0 radical (unpaired) electrons. The topological polar surface area (TPSA) is 96.0 Å². The van der Waals surface area contributed by atoms with E-state index in [0.717, 1.165) is 16.4 Å². The van der Waals surface area contributed by atoms with Crippen LogP contribution < -0.4 is 14.4 Å². The van der Waals surface area contributed by atoms with E-state index in [9.17, 15) is 22.4 Å². The molecule has 0 aliphatic heterocycles. The molecule has 3 aromatic carbocycles. The molecule has 1 atom stereocenters. The predicted molar refractivity (Wildman–Crippen MR) is 163 cm³/mol. The molecule has 0 aliphatic carbocycles. The smallest absolute Gasteiger partial charge is 0.264 e. The molecule has 0 spiro atoms. The summed E-state index contributed by atoms with van der Waals surface area (Å²) >= 11 is 12.3. The van der Waals surface area contributed by atoms with Gasteiger partial charge in [0, 0.05) is 13.1 Å². The van der Waals surface area contributed by atoms with Crippen LogP contribution in [0.1, 0.15) is 32.8 Å². The van der Waals surface area contributed by atoms with Crippen LogP contribution in [-0.2, 0) is 26.2 Å². The maximum Gasteiger partial charge on any atom is 0.264 e. The first-order valence-electron chi connectivity index (χ1n) is 13.3. The number of hydrogen-bond donors (Lipinski definition) is 1. The molecule has 0 bridgehead atoms. The van der Waals surface area contributed by atoms with Crippen molar-refractivity contribution in [3.05, 3.63) is 88.2 Å². The predicted octanol–water partition coefficient (Wildman–Crippen LogP) is 5.92. The largest absolute Gasteiger partial charge is 0.497 e. The van der Waals surface area contributed by atoms with Crippen LogP contribution >= 0.6 is 23.2 Å². The SMILES string of the molecule is CC[C@H](C(=O)NCC(C)C)N(Cc1ccc(Cl)c(Cl)c1)C(=O)CN(c1ccc(F)cc1)S(=O)(=O)c1ccc(OC)cc1. The minimum absolute atomic E-state index is 0.0385. The van der Waals surface area contributed by atoms with Gasteiger partial charge in [-0.05, 0) is 78.6 Å². The zero-order valence-corrected chi connectivity index (χ0v) is 26.1. The molecule has 1 N–H and O–H groups in total. The fourth-order valence-corrected chi connectivity index (χ4v) is 5.92. The van der Waals surface area contributed by atoms with Crippen molar-refractivity contribution in [1.29, 1.82) is 0 Å². The monoisotopic (exact) mass is 637 g/mol. The summed E-state index contributed by atoms with van der Waals surface area (Å²) in [6.07, 6.45) is 0.263. The van der Waals surface area contributed by atoms with E-state index in [2.05, 4.69) is 5.32 Å². The van der Waals surface area contributed by atoms with E-state index < -0.39 is 34.3 Å². The van der Waals surface area contributed by atoms with E-state index in [1.807, 2.05) is 13.8 Å². The first kappa shape index (κ1) is 33.2. The molecule has 0 heterocycles. The van der Waals surface area contributed by atoms with Crippen LogP contribution in [0.3, 0.4) is 0 Å². The first-order chi connectivity index (χ1) is 19.9. The lowest BCUT2D eigenvalue weighted by Crippen LogP contribution is -2.52. The van der Waals surface area contributed by atoms with Crippen molar-refractivity contribution in [1.82, 2.24) is 10.2 Å². The van der Waals surface area contributed by atoms with Gasteiger partial charge in [-0.3, -0.25) is 13.9 Å². The molecular weight excluding hydrogens is 604 g/mol. The van der Waals surface area contributed by atoms with Gasteiger partial charge in [0.1, 0.15) is 24.2 Å². The van der Waals surface area contributed by atoms with E-state index in [1.54, 1.807) is 25.1 Å². The Morgan fingerprint density at radius 2 is 1.62 bits per heavy atom. The molecular formula is C30H34Cl2FN3O5S. The van der Waals surface area contributed by atoms with Crippen molar-refractivity contribution in [2.24, 2.45) is 5.92 Å². The number of ether oxygens (including phenoxy) is 1. The zero-order chi connectivity index (χ0) is 31.0. The highest BCUT2D eigenvalue weighted by Crippen LogP contribution is 2.27. The van der Waals surface area contributed by atoms with Gasteiger partial charge in [0.05, 0.1) is 27.7 Å². The Hall–Kier alpha value is -3.34. The van der Waals surface area contributed by atoms with Gasteiger partial charge in [-0.25, -0.2) is 12.8 Å². The summed E-state index contributed by atoms with van der Waals surface area (Å²) in [5.41, 5.74) is 0.673. The number of carbonyl (C=O) groups excluding carboxylic acids is 2. The first-order valence-corrected chi connectivity index (χ1v) is 15.5. The number of nitrogens with zero attached hydrogens (tertiary/aromatic N) is 2. The van der Waals surface area contributed by atoms with Gasteiger partial charge in [0.25, 0.3) is 10.0 Å². The maximum absolute atomic E-state index is 14.1. The molecule has 0 fully saturated rings. The molecule has 12 heteroatoms. The second kappa shape index (κ2) is 14.7. The highest BCUT2D eigenvalue weighted by molar-refractivity contribution is 7.92. The summed E-state index contributed by atoms with van der Waals surface area (Å²) in [4.78, 5) is 28.6. The van der Waals surface area contributed by atoms with E-state index in [4.69, 9.17) is 27.9 Å². The van der Waals surface area contributed by atoms with Gasteiger partial charge in [0.2, 0.25) is 11.8 Å². The molecule has 3 aromatic rings. The van der Waals surface area contributed by atoms with Crippen molar-refractivity contribution in [3.63, 3.8) is 0 Å². The second-order valence-corrected chi connectivity index (χ2v) is 12.7. The summed E-state index contributed by atoms with van der Waals surface area (Å²) < 4.78 is 47.6. The molecule has 226 valence electrons. The summed E-state index contributed by atoms with van der Waals surface area (Å²) in [7, 11) is -2.86. The fourth-order valence-electron chi connectivity index (χ4n) is 4.19. The average molecular weight is 639 g/mol. The highest BCUT2D eigenvalue weighted by atomic mass is 35.5. The number of carbonyl (C=O) groups is 2. The number of amides is 2. The molecule has 0 saturated heterocycles. The number of rotatable bonds is 13. The van der Waals surface area contributed by atoms with Crippen LogP contribution in [0.2, 0.25) is 10.0 Å². The number of sulfonamides is 1. The van der Waals surface area contributed by atoms with Crippen LogP contribution in [0.4, 0.5) is 10.1 Å². The van der Waals surface area contributed by atoms with E-state index >= 15 is 0 Å². The lowest BCUT2D eigenvalue weighted by atomic mass is 10.1. The second-order valence-electron chi connectivity index (χ2n) is 10.00. The van der Waals surface area contributed by atoms with Gasteiger partial charge in [-0.15, -0.1) is 0 Å². The third-order valence-corrected chi connectivity index (χ3v) is 8.98. The Kier molecular flexibility index (Phi) is 11.6. The Morgan fingerprint density at radius 3 is 2.17 bits per heavy atom. The van der Waals surface area contributed by atoms with Crippen LogP contribution in [0.15, 0.2) is 71.6 Å². The average Bonchev–Trinajstić information content (AvgIpc) is 2.96. The minimum Gasteiger partial charge on any atom is -0.497 e. The fraction of sp³-hybridized carbons (Fsp3) is 0.333. The van der Waals surface area contributed by atoms with Crippen molar-refractivity contribution in [3.8, 4) is 5.75 Å². The minimum atomic E-state index is -4.31. The van der Waals surface area contributed by atoms with Crippen molar-refractivity contribution in [2.75, 3.05) is 24.5 Å². The van der Waals surface area contributed by atoms with Gasteiger partial charge < -0.3 is 15.0 Å². The van der Waals surface area contributed by atoms with Crippen LogP contribution in [-0.4, -0.2) is 51.4 Å². The number of nitrogens with one attached hydrogen (secondary N) is 1. The summed E-state index contributed by atoms with van der Waals surface area (Å²) in [6.45, 7) is 5.37. The van der Waals surface area contributed by atoms with E-state index in [0.29, 0.717) is 22.9 Å². The number of halogens is 3. The van der Waals surface area contributed by atoms with Gasteiger partial charge >= 0.3 is 0 Å². The Bertz CT molecular complexity index is 1490. The third kappa shape index (κ3) is 8.36. The maximum atomic E-state index is 14.1. The number of anilines is 1. The lowest BCUT2D eigenvalue weighted by Gasteiger charge is -2.33. The van der Waals surface area contributed by atoms with Crippen LogP contribution in [0.5, 0.6) is 5.75 Å². The molecule has 3 rings (SSSR count). The Morgan fingerprint density at radius 1 is 0.976 bits per heavy atom. The number of hydrogen-bond acceptors (Lipinski definition) is 5. The summed E-state index contributed by atoms with van der Waals surface area (Å²) in [6, 6.07) is 14.4. The molecule has 8 nitrogen and oxygen atoms in total. The molecule has 42 heavy (non-hydrogen) atoms. The van der Waals surface area contributed by atoms with Gasteiger partial charge in [-0.2, -0.15) is 0 Å². The van der Waals surface area contributed by atoms with Crippen LogP contribution in [0, 0.1) is 11.7 Å². The van der Waals surface area contributed by atoms with Crippen molar-refractivity contribution < 1.29 is 27.1 Å². The quantitative estimate of drug-likeness (QED) is 0.251. The number of methoxy groups -OCH3 is 1. The van der Waals surface area contributed by atoms with Crippen LogP contribution in [0.25, 0.3) is 0 Å². The summed E-state index contributed by atoms with van der Waals surface area (Å²) in [5, 5.41) is 3.47.